The van der Waals surface area contributed by atoms with Gasteiger partial charge in [-0.1, -0.05) is 24.3 Å². The summed E-state index contributed by atoms with van der Waals surface area (Å²) in [4.78, 5) is 63.5. The number of amides is 4. The van der Waals surface area contributed by atoms with E-state index in [-0.39, 0.29) is 22.3 Å². The van der Waals surface area contributed by atoms with Crippen LogP contribution in [0.2, 0.25) is 0 Å². The van der Waals surface area contributed by atoms with Crippen LogP contribution in [0.15, 0.2) is 48.5 Å². The molecule has 2 aliphatic heterocycles. The minimum atomic E-state index is -1.21. The van der Waals surface area contributed by atoms with Crippen LogP contribution in [0.25, 0.3) is 0 Å². The third kappa shape index (κ3) is 2.50. The van der Waals surface area contributed by atoms with E-state index in [9.17, 15) is 24.0 Å². The van der Waals surface area contributed by atoms with Crippen molar-refractivity contribution in [1.29, 1.82) is 0 Å². The first-order chi connectivity index (χ1) is 13.4. The Hall–Kier alpha value is -3.81. The van der Waals surface area contributed by atoms with Gasteiger partial charge >= 0.3 is 5.97 Å². The second-order valence-corrected chi connectivity index (χ2v) is 6.38. The van der Waals surface area contributed by atoms with Crippen molar-refractivity contribution in [2.24, 2.45) is 0 Å². The van der Waals surface area contributed by atoms with E-state index in [2.05, 4.69) is 0 Å². The van der Waals surface area contributed by atoms with Gasteiger partial charge in [0.2, 0.25) is 0 Å². The third-order valence-electron chi connectivity index (χ3n) is 4.77. The number of ether oxygens (including phenoxy) is 1. The number of carbonyl (C=O) groups excluding carboxylic acids is 5. The molecule has 140 valence electrons. The lowest BCUT2D eigenvalue weighted by atomic mass is 10.1. The monoisotopic (exact) mass is 378 g/mol. The van der Waals surface area contributed by atoms with E-state index < -0.39 is 42.4 Å². The zero-order chi connectivity index (χ0) is 20.0. The molecule has 0 spiro atoms. The van der Waals surface area contributed by atoms with Gasteiger partial charge in [0, 0.05) is 0 Å². The first-order valence-electron chi connectivity index (χ1n) is 8.50. The summed E-state index contributed by atoms with van der Waals surface area (Å²) in [5, 5.41) is 0. The van der Waals surface area contributed by atoms with E-state index >= 15 is 0 Å². The average molecular weight is 378 g/mol. The van der Waals surface area contributed by atoms with Crippen LogP contribution >= 0.6 is 0 Å². The van der Waals surface area contributed by atoms with Crippen LogP contribution in [0.4, 0.5) is 0 Å². The van der Waals surface area contributed by atoms with Gasteiger partial charge in [-0.05, 0) is 31.2 Å². The van der Waals surface area contributed by atoms with Crippen LogP contribution in [0.1, 0.15) is 48.4 Å². The fraction of sp³-hybridized carbons (Fsp3) is 0.150. The van der Waals surface area contributed by atoms with Crippen molar-refractivity contribution < 1.29 is 28.7 Å². The molecule has 0 fully saturated rings. The maximum atomic E-state index is 12.4. The van der Waals surface area contributed by atoms with Gasteiger partial charge in [-0.3, -0.25) is 24.1 Å². The first-order valence-corrected chi connectivity index (χ1v) is 8.50. The highest BCUT2D eigenvalue weighted by atomic mass is 16.5. The van der Waals surface area contributed by atoms with Gasteiger partial charge in [-0.25, -0.2) is 9.69 Å². The summed E-state index contributed by atoms with van der Waals surface area (Å²) in [5.41, 5.74) is 0.897. The maximum absolute atomic E-state index is 12.4. The molecule has 0 bridgehead atoms. The normalized spacial score (nSPS) is 16.3. The molecule has 8 heteroatoms. The second-order valence-electron chi connectivity index (χ2n) is 6.38. The fourth-order valence-corrected chi connectivity index (χ4v) is 3.27. The van der Waals surface area contributed by atoms with Gasteiger partial charge in [0.1, 0.15) is 6.04 Å². The number of rotatable bonds is 4. The lowest BCUT2D eigenvalue weighted by Gasteiger charge is -2.22. The molecule has 0 saturated heterocycles. The highest BCUT2D eigenvalue weighted by Gasteiger charge is 2.42. The number of fused-ring (bicyclic) bond motifs is 2. The minimum Gasteiger partial charge on any atom is -0.442 e. The second kappa shape index (κ2) is 6.41. The topological polar surface area (TPSA) is 101 Å². The quantitative estimate of drug-likeness (QED) is 0.590. The maximum Gasteiger partial charge on any atom is 0.330 e. The average Bonchev–Trinajstić information content (AvgIpc) is 3.11. The van der Waals surface area contributed by atoms with Gasteiger partial charge in [0.05, 0.1) is 22.3 Å². The van der Waals surface area contributed by atoms with E-state index in [1.165, 1.54) is 31.2 Å². The highest BCUT2D eigenvalue weighted by Crippen LogP contribution is 2.25. The van der Waals surface area contributed by atoms with Crippen molar-refractivity contribution in [3.05, 3.63) is 70.8 Å². The van der Waals surface area contributed by atoms with Gasteiger partial charge in [0.15, 0.2) is 6.73 Å². The minimum absolute atomic E-state index is 0.215. The fourth-order valence-electron chi connectivity index (χ4n) is 3.27. The van der Waals surface area contributed by atoms with Crippen molar-refractivity contribution in [2.45, 2.75) is 13.0 Å². The lowest BCUT2D eigenvalue weighted by molar-refractivity contribution is -0.150. The Morgan fingerprint density at radius 2 is 1.18 bits per heavy atom. The molecule has 2 aromatic rings. The highest BCUT2D eigenvalue weighted by molar-refractivity contribution is 6.23. The molecule has 0 aliphatic carbocycles. The van der Waals surface area contributed by atoms with Crippen molar-refractivity contribution in [2.75, 3.05) is 6.73 Å². The summed E-state index contributed by atoms with van der Waals surface area (Å²) in [6.45, 7) is 0.755. The van der Waals surface area contributed by atoms with Gasteiger partial charge in [-0.2, -0.15) is 0 Å². The molecule has 1 unspecified atom stereocenters. The van der Waals surface area contributed by atoms with Crippen molar-refractivity contribution in [3.8, 4) is 0 Å². The summed E-state index contributed by atoms with van der Waals surface area (Å²) in [6, 6.07) is 11.3. The van der Waals surface area contributed by atoms with Crippen LogP contribution in [-0.2, 0) is 9.53 Å². The molecule has 2 aromatic carbocycles. The zero-order valence-corrected chi connectivity index (χ0v) is 14.7. The molecular formula is C20H14N2O6. The molecule has 4 amide bonds. The van der Waals surface area contributed by atoms with Crippen LogP contribution in [0.3, 0.4) is 0 Å². The summed E-state index contributed by atoms with van der Waals surface area (Å²) >= 11 is 0. The smallest absolute Gasteiger partial charge is 0.330 e. The number of hydrogen-bond acceptors (Lipinski definition) is 6. The van der Waals surface area contributed by atoms with Gasteiger partial charge < -0.3 is 4.74 Å². The van der Waals surface area contributed by atoms with E-state index in [4.69, 9.17) is 4.74 Å². The zero-order valence-electron chi connectivity index (χ0n) is 14.7. The molecule has 4 rings (SSSR count). The number of benzene rings is 2. The number of esters is 1. The number of hydrogen-bond donors (Lipinski definition) is 0. The molecule has 8 nitrogen and oxygen atoms in total. The standard InChI is InChI=1S/C20H14N2O6/c1-11(22-18(25)14-8-4-5-9-15(14)19(22)26)20(27)28-10-21-16(23)12-6-2-3-7-13(12)17(21)24/h2-9,11H,10H2,1H3. The predicted octanol–water partition coefficient (Wildman–Crippen LogP) is 1.47. The Morgan fingerprint density at radius 1 is 0.786 bits per heavy atom. The van der Waals surface area contributed by atoms with Crippen LogP contribution in [0.5, 0.6) is 0 Å². The molecule has 0 saturated carbocycles. The summed E-state index contributed by atoms with van der Waals surface area (Å²) in [7, 11) is 0. The van der Waals surface area contributed by atoms with Crippen molar-refractivity contribution >= 4 is 29.6 Å². The van der Waals surface area contributed by atoms with Gasteiger partial charge in [0.25, 0.3) is 23.6 Å². The predicted molar refractivity (Wildman–Crippen MR) is 94.3 cm³/mol. The van der Waals surface area contributed by atoms with Crippen molar-refractivity contribution in [1.82, 2.24) is 9.80 Å². The van der Waals surface area contributed by atoms with E-state index in [1.807, 2.05) is 0 Å². The molecule has 2 heterocycles. The summed E-state index contributed by atoms with van der Waals surface area (Å²) in [6.07, 6.45) is 0. The van der Waals surface area contributed by atoms with Crippen LogP contribution < -0.4 is 0 Å². The molecule has 28 heavy (non-hydrogen) atoms. The summed E-state index contributed by atoms with van der Waals surface area (Å²) < 4.78 is 5.07. The van der Waals surface area contributed by atoms with Gasteiger partial charge in [-0.15, -0.1) is 0 Å². The number of carbonyl (C=O) groups is 5. The molecule has 0 radical (unpaired) electrons. The molecule has 2 aliphatic rings. The van der Waals surface area contributed by atoms with E-state index in [0.29, 0.717) is 0 Å². The Morgan fingerprint density at radius 3 is 1.61 bits per heavy atom. The Labute approximate surface area is 159 Å². The van der Waals surface area contributed by atoms with E-state index in [1.54, 1.807) is 24.3 Å². The Kier molecular flexibility index (Phi) is 4.03. The SMILES string of the molecule is CC(C(=O)OCN1C(=O)c2ccccc2C1=O)N1C(=O)c2ccccc2C1=O. The Bertz CT molecular complexity index is 990. The number of imide groups is 2. The van der Waals surface area contributed by atoms with Crippen molar-refractivity contribution in [3.63, 3.8) is 0 Å². The number of nitrogens with zero attached hydrogens (tertiary/aromatic N) is 2. The largest absolute Gasteiger partial charge is 0.442 e. The Balaban J connectivity index is 1.46. The van der Waals surface area contributed by atoms with Crippen LogP contribution in [0, 0.1) is 0 Å². The third-order valence-corrected chi connectivity index (χ3v) is 4.77. The lowest BCUT2D eigenvalue weighted by Crippen LogP contribution is -2.45. The molecule has 0 N–H and O–H groups in total. The first kappa shape index (κ1) is 17.6. The van der Waals surface area contributed by atoms with Crippen LogP contribution in [-0.4, -0.2) is 52.2 Å². The summed E-state index contributed by atoms with van der Waals surface area (Å²) in [5.74, 6) is -3.22. The van der Waals surface area contributed by atoms with E-state index in [0.717, 1.165) is 9.80 Å². The molecular weight excluding hydrogens is 364 g/mol. The molecule has 1 atom stereocenters. The molecule has 0 aromatic heterocycles.